The van der Waals surface area contributed by atoms with E-state index in [2.05, 4.69) is 10.6 Å². The number of amides is 1. The molecule has 1 aliphatic rings. The van der Waals surface area contributed by atoms with Crippen molar-refractivity contribution < 1.29 is 22.8 Å². The molecule has 1 atom stereocenters. The Morgan fingerprint density at radius 3 is 2.67 bits per heavy atom. The van der Waals surface area contributed by atoms with Gasteiger partial charge in [-0.05, 0) is 61.0 Å². The summed E-state index contributed by atoms with van der Waals surface area (Å²) in [6.07, 6.45) is -4.65. The molecule has 2 aromatic rings. The molecule has 0 radical (unpaired) electrons. The maximum atomic E-state index is 12.9. The second kappa shape index (κ2) is 7.26. The summed E-state index contributed by atoms with van der Waals surface area (Å²) < 4.78 is 38.7. The summed E-state index contributed by atoms with van der Waals surface area (Å²) in [6, 6.07) is 7.76. The van der Waals surface area contributed by atoms with Crippen molar-refractivity contribution in [3.8, 4) is 0 Å². The standard InChI is InChI=1S/C19H17F3N2O2S/c1-10-4-3-5-13(11(10)2)24-17(25)9-15-18(26)27-16-7-6-12(19(20,21)22)8-14(16)23-15/h3-8,15,23H,9H2,1-2H3,(H,24,25). The minimum Gasteiger partial charge on any atom is -0.373 e. The number of rotatable bonds is 3. The normalized spacial score (nSPS) is 16.5. The fraction of sp³-hybridized carbons (Fsp3) is 0.263. The van der Waals surface area contributed by atoms with Gasteiger partial charge in [0.05, 0.1) is 12.0 Å². The Balaban J connectivity index is 1.74. The van der Waals surface area contributed by atoms with Crippen LogP contribution in [0.15, 0.2) is 41.3 Å². The van der Waals surface area contributed by atoms with Crippen LogP contribution in [0.2, 0.25) is 0 Å². The third-order valence-electron chi connectivity index (χ3n) is 4.40. The summed E-state index contributed by atoms with van der Waals surface area (Å²) in [6.45, 7) is 3.79. The zero-order valence-corrected chi connectivity index (χ0v) is 15.4. The second-order valence-electron chi connectivity index (χ2n) is 6.33. The van der Waals surface area contributed by atoms with Crippen LogP contribution in [-0.4, -0.2) is 17.1 Å². The highest BCUT2D eigenvalue weighted by Crippen LogP contribution is 2.39. The number of hydrogen-bond donors (Lipinski definition) is 2. The number of alkyl halides is 3. The molecule has 4 nitrogen and oxygen atoms in total. The SMILES string of the molecule is Cc1cccc(NC(=O)CC2Nc3cc(C(F)(F)F)ccc3SC2=O)c1C. The van der Waals surface area contributed by atoms with E-state index in [1.54, 1.807) is 6.07 Å². The summed E-state index contributed by atoms with van der Waals surface area (Å²) in [4.78, 5) is 25.0. The lowest BCUT2D eigenvalue weighted by molar-refractivity contribution is -0.137. The lowest BCUT2D eigenvalue weighted by atomic mass is 10.1. The van der Waals surface area contributed by atoms with Gasteiger partial charge < -0.3 is 10.6 Å². The number of fused-ring (bicyclic) bond motifs is 1. The van der Waals surface area contributed by atoms with E-state index in [-0.39, 0.29) is 23.1 Å². The number of nitrogens with one attached hydrogen (secondary N) is 2. The van der Waals surface area contributed by atoms with E-state index < -0.39 is 17.8 Å². The van der Waals surface area contributed by atoms with Gasteiger partial charge >= 0.3 is 6.18 Å². The highest BCUT2D eigenvalue weighted by molar-refractivity contribution is 8.14. The molecule has 1 aliphatic heterocycles. The number of benzene rings is 2. The molecule has 0 aromatic heterocycles. The zero-order valence-electron chi connectivity index (χ0n) is 14.6. The Hall–Kier alpha value is -2.48. The number of anilines is 2. The van der Waals surface area contributed by atoms with E-state index in [0.29, 0.717) is 10.6 Å². The van der Waals surface area contributed by atoms with E-state index in [1.807, 2.05) is 26.0 Å². The third-order valence-corrected chi connectivity index (χ3v) is 5.46. The molecule has 1 heterocycles. The minimum atomic E-state index is -4.47. The van der Waals surface area contributed by atoms with Gasteiger partial charge in [0.1, 0.15) is 6.04 Å². The van der Waals surface area contributed by atoms with Crippen LogP contribution in [0.4, 0.5) is 24.5 Å². The third kappa shape index (κ3) is 4.27. The lowest BCUT2D eigenvalue weighted by Crippen LogP contribution is -2.35. The largest absolute Gasteiger partial charge is 0.416 e. The smallest absolute Gasteiger partial charge is 0.373 e. The van der Waals surface area contributed by atoms with Gasteiger partial charge in [-0.1, -0.05) is 12.1 Å². The molecule has 1 amide bonds. The van der Waals surface area contributed by atoms with Gasteiger partial charge in [0, 0.05) is 16.3 Å². The van der Waals surface area contributed by atoms with Crippen molar-refractivity contribution in [3.63, 3.8) is 0 Å². The van der Waals surface area contributed by atoms with Crippen LogP contribution in [0.25, 0.3) is 0 Å². The Kier molecular flexibility index (Phi) is 5.19. The fourth-order valence-corrected chi connectivity index (χ4v) is 3.61. The number of halogens is 3. The van der Waals surface area contributed by atoms with Gasteiger partial charge in [0.2, 0.25) is 11.0 Å². The molecule has 2 N–H and O–H groups in total. The summed E-state index contributed by atoms with van der Waals surface area (Å²) >= 11 is 0.844. The molecule has 3 rings (SSSR count). The van der Waals surface area contributed by atoms with Gasteiger partial charge in [-0.25, -0.2) is 0 Å². The highest BCUT2D eigenvalue weighted by Gasteiger charge is 2.34. The van der Waals surface area contributed by atoms with Crippen LogP contribution in [-0.2, 0) is 15.8 Å². The van der Waals surface area contributed by atoms with Gasteiger partial charge in [-0.15, -0.1) is 0 Å². The van der Waals surface area contributed by atoms with Crippen LogP contribution < -0.4 is 10.6 Å². The first-order valence-electron chi connectivity index (χ1n) is 8.20. The predicted octanol–water partition coefficient (Wildman–Crippen LogP) is 4.76. The molecule has 8 heteroatoms. The topological polar surface area (TPSA) is 58.2 Å². The number of thioether (sulfide) groups is 1. The van der Waals surface area contributed by atoms with Crippen molar-refractivity contribution in [1.82, 2.24) is 0 Å². The number of hydrogen-bond acceptors (Lipinski definition) is 4. The first-order chi connectivity index (χ1) is 12.6. The van der Waals surface area contributed by atoms with E-state index in [4.69, 9.17) is 0 Å². The molecule has 0 saturated carbocycles. The molecule has 142 valence electrons. The van der Waals surface area contributed by atoms with Crippen molar-refractivity contribution in [3.05, 3.63) is 53.1 Å². The lowest BCUT2D eigenvalue weighted by Gasteiger charge is -2.25. The highest BCUT2D eigenvalue weighted by atomic mass is 32.2. The van der Waals surface area contributed by atoms with Gasteiger partial charge in [-0.3, -0.25) is 9.59 Å². The Bertz CT molecular complexity index is 912. The zero-order chi connectivity index (χ0) is 19.8. The summed E-state index contributed by atoms with van der Waals surface area (Å²) in [5.41, 5.74) is 1.99. The number of carbonyl (C=O) groups is 2. The first kappa shape index (κ1) is 19.3. The Morgan fingerprint density at radius 2 is 1.96 bits per heavy atom. The molecule has 0 spiro atoms. The maximum Gasteiger partial charge on any atom is 0.416 e. The molecular weight excluding hydrogens is 377 g/mol. The average molecular weight is 394 g/mol. The van der Waals surface area contributed by atoms with E-state index in [0.717, 1.165) is 35.0 Å². The molecule has 27 heavy (non-hydrogen) atoms. The molecule has 2 aromatic carbocycles. The van der Waals surface area contributed by atoms with Crippen molar-refractivity contribution in [2.24, 2.45) is 0 Å². The van der Waals surface area contributed by atoms with E-state index in [9.17, 15) is 22.8 Å². The quantitative estimate of drug-likeness (QED) is 0.788. The molecule has 0 bridgehead atoms. The summed E-state index contributed by atoms with van der Waals surface area (Å²) in [5, 5.41) is 5.22. The molecule has 1 unspecified atom stereocenters. The van der Waals surface area contributed by atoms with Crippen LogP contribution in [0.1, 0.15) is 23.1 Å². The van der Waals surface area contributed by atoms with Gasteiger partial charge in [-0.2, -0.15) is 13.2 Å². The average Bonchev–Trinajstić information content (AvgIpc) is 2.58. The number of carbonyl (C=O) groups excluding carboxylic acids is 2. The first-order valence-corrected chi connectivity index (χ1v) is 9.02. The summed E-state index contributed by atoms with van der Waals surface area (Å²) in [7, 11) is 0. The summed E-state index contributed by atoms with van der Waals surface area (Å²) in [5.74, 6) is -0.384. The minimum absolute atomic E-state index is 0.172. The molecule has 0 aliphatic carbocycles. The maximum absolute atomic E-state index is 12.9. The Morgan fingerprint density at radius 1 is 1.22 bits per heavy atom. The molecule has 0 fully saturated rings. The second-order valence-corrected chi connectivity index (χ2v) is 7.37. The molecule has 0 saturated heterocycles. The van der Waals surface area contributed by atoms with Crippen LogP contribution >= 0.6 is 11.8 Å². The van der Waals surface area contributed by atoms with Gasteiger partial charge in [0.25, 0.3) is 0 Å². The van der Waals surface area contributed by atoms with E-state index in [1.165, 1.54) is 6.07 Å². The number of aryl methyl sites for hydroxylation is 1. The van der Waals surface area contributed by atoms with Crippen LogP contribution in [0, 0.1) is 13.8 Å². The van der Waals surface area contributed by atoms with Crippen molar-refractivity contribution >= 4 is 34.2 Å². The van der Waals surface area contributed by atoms with E-state index >= 15 is 0 Å². The predicted molar refractivity (Wildman–Crippen MR) is 98.9 cm³/mol. The van der Waals surface area contributed by atoms with Crippen molar-refractivity contribution in [2.75, 3.05) is 10.6 Å². The van der Waals surface area contributed by atoms with Crippen molar-refractivity contribution in [1.29, 1.82) is 0 Å². The van der Waals surface area contributed by atoms with Gasteiger partial charge in [0.15, 0.2) is 0 Å². The van der Waals surface area contributed by atoms with Crippen LogP contribution in [0.5, 0.6) is 0 Å². The molecular formula is C19H17F3N2O2S. The van der Waals surface area contributed by atoms with Crippen LogP contribution in [0.3, 0.4) is 0 Å². The monoisotopic (exact) mass is 394 g/mol. The van der Waals surface area contributed by atoms with Crippen molar-refractivity contribution in [2.45, 2.75) is 37.4 Å². The fourth-order valence-electron chi connectivity index (χ4n) is 2.74. The Labute approximate surface area is 158 Å².